The normalized spacial score (nSPS) is 18.9. The van der Waals surface area contributed by atoms with Crippen LogP contribution in [0.1, 0.15) is 5.56 Å². The molecule has 3 rings (SSSR count). The Morgan fingerprint density at radius 3 is 2.76 bits per heavy atom. The van der Waals surface area contributed by atoms with Crippen LogP contribution in [0, 0.1) is 0 Å². The highest BCUT2D eigenvalue weighted by Gasteiger charge is 2.20. The third-order valence-corrected chi connectivity index (χ3v) is 4.53. The molecule has 0 aromatic heterocycles. The quantitative estimate of drug-likeness (QED) is 0.553. The fourth-order valence-electron chi connectivity index (χ4n) is 2.42. The topological polar surface area (TPSA) is 79.9 Å². The summed E-state index contributed by atoms with van der Waals surface area (Å²) >= 11 is 8.32. The Bertz CT molecular complexity index is 747. The number of carbonyl (C=O) groups is 2. The first kappa shape index (κ1) is 17.8. The predicted molar refractivity (Wildman–Crippen MR) is 98.9 cm³/mol. The highest BCUT2D eigenvalue weighted by atomic mass is 79.9. The van der Waals surface area contributed by atoms with Crippen molar-refractivity contribution in [1.82, 2.24) is 15.5 Å². The zero-order valence-electron chi connectivity index (χ0n) is 13.2. The number of benzene rings is 1. The smallest absolute Gasteiger partial charge is 0.273 e. The van der Waals surface area contributed by atoms with Crippen LogP contribution in [0.25, 0.3) is 6.08 Å². The maximum absolute atomic E-state index is 12.1. The summed E-state index contributed by atoms with van der Waals surface area (Å²) in [5.41, 5.74) is 1.18. The number of nitrogens with zero attached hydrogens (tertiary/aromatic N) is 1. The lowest BCUT2D eigenvalue weighted by Crippen LogP contribution is -2.43. The van der Waals surface area contributed by atoms with Crippen LogP contribution in [-0.2, 0) is 14.3 Å². The second kappa shape index (κ2) is 7.94. The zero-order valence-corrected chi connectivity index (χ0v) is 15.6. The number of rotatable bonds is 4. The Balaban J connectivity index is 1.62. The average Bonchev–Trinajstić information content (AvgIpc) is 2.92. The number of carbonyl (C=O) groups excluding carboxylic acids is 2. The molecule has 9 heteroatoms. The lowest BCUT2D eigenvalue weighted by molar-refractivity contribution is -0.137. The summed E-state index contributed by atoms with van der Waals surface area (Å²) in [4.78, 5) is 25.5. The number of amides is 2. The molecule has 0 saturated carbocycles. The molecule has 0 bridgehead atoms. The molecule has 1 aromatic carbocycles. The van der Waals surface area contributed by atoms with Gasteiger partial charge in [-0.25, -0.2) is 0 Å². The van der Waals surface area contributed by atoms with Crippen LogP contribution < -0.4 is 15.4 Å². The molecule has 2 heterocycles. The molecule has 0 radical (unpaired) electrons. The van der Waals surface area contributed by atoms with Gasteiger partial charge in [0.05, 0.1) is 17.7 Å². The van der Waals surface area contributed by atoms with Gasteiger partial charge in [-0.15, -0.1) is 0 Å². The standard InChI is InChI=1S/C16H16BrN3O4S/c17-11-7-10(8-12-15(22)19-16(25)18-12)1-2-13(11)24-9-14(21)20-3-5-23-6-4-20/h1-2,7-8H,3-6,9H2,(H2,18,19,22,25)/b12-8+. The number of hydrogen-bond acceptors (Lipinski definition) is 5. The molecule has 2 saturated heterocycles. The first-order valence-electron chi connectivity index (χ1n) is 7.65. The minimum atomic E-state index is -0.266. The molecule has 2 aliphatic heterocycles. The summed E-state index contributed by atoms with van der Waals surface area (Å²) in [6, 6.07) is 5.34. The summed E-state index contributed by atoms with van der Waals surface area (Å²) in [6.45, 7) is 2.27. The minimum absolute atomic E-state index is 0.0305. The molecule has 0 atom stereocenters. The zero-order chi connectivity index (χ0) is 17.8. The van der Waals surface area contributed by atoms with Crippen molar-refractivity contribution < 1.29 is 19.1 Å². The SMILES string of the molecule is O=C1NC(=S)N/C1=C/c1ccc(OCC(=O)N2CCOCC2)c(Br)c1. The largest absolute Gasteiger partial charge is 0.483 e. The predicted octanol–water partition coefficient (Wildman–Crippen LogP) is 1.03. The Labute approximate surface area is 158 Å². The summed E-state index contributed by atoms with van der Waals surface area (Å²) in [7, 11) is 0. The van der Waals surface area contributed by atoms with Gasteiger partial charge in [-0.2, -0.15) is 0 Å². The van der Waals surface area contributed by atoms with Crippen LogP contribution in [0.15, 0.2) is 28.4 Å². The third kappa shape index (κ3) is 4.56. The fraction of sp³-hybridized carbons (Fsp3) is 0.312. The minimum Gasteiger partial charge on any atom is -0.483 e. The molecule has 2 amide bonds. The number of hydrogen-bond donors (Lipinski definition) is 2. The molecule has 2 fully saturated rings. The molecule has 0 unspecified atom stereocenters. The van der Waals surface area contributed by atoms with Gasteiger partial charge in [0, 0.05) is 13.1 Å². The molecule has 25 heavy (non-hydrogen) atoms. The van der Waals surface area contributed by atoms with E-state index < -0.39 is 0 Å². The van der Waals surface area contributed by atoms with E-state index in [9.17, 15) is 9.59 Å². The van der Waals surface area contributed by atoms with Gasteiger partial charge in [0.25, 0.3) is 11.8 Å². The van der Waals surface area contributed by atoms with E-state index in [4.69, 9.17) is 21.7 Å². The summed E-state index contributed by atoms with van der Waals surface area (Å²) in [6.07, 6.45) is 1.68. The fourth-order valence-corrected chi connectivity index (χ4v) is 3.13. The van der Waals surface area contributed by atoms with E-state index in [-0.39, 0.29) is 23.5 Å². The van der Waals surface area contributed by atoms with Gasteiger partial charge in [-0.1, -0.05) is 6.07 Å². The summed E-state index contributed by atoms with van der Waals surface area (Å²) in [5, 5.41) is 5.58. The van der Waals surface area contributed by atoms with Crippen molar-refractivity contribution in [1.29, 1.82) is 0 Å². The van der Waals surface area contributed by atoms with Gasteiger partial charge in [-0.05, 0) is 51.9 Å². The van der Waals surface area contributed by atoms with E-state index in [0.717, 1.165) is 5.56 Å². The molecule has 1 aromatic rings. The Morgan fingerprint density at radius 2 is 2.12 bits per heavy atom. The Hall–Kier alpha value is -1.97. The summed E-state index contributed by atoms with van der Waals surface area (Å²) in [5.74, 6) is 0.224. The average molecular weight is 426 g/mol. The molecule has 7 nitrogen and oxygen atoms in total. The molecule has 2 aliphatic rings. The summed E-state index contributed by atoms with van der Waals surface area (Å²) < 4.78 is 11.5. The highest BCUT2D eigenvalue weighted by Crippen LogP contribution is 2.27. The number of halogens is 1. The number of morpholine rings is 1. The van der Waals surface area contributed by atoms with Gasteiger partial charge < -0.3 is 19.7 Å². The van der Waals surface area contributed by atoms with Crippen molar-refractivity contribution in [3.8, 4) is 5.75 Å². The van der Waals surface area contributed by atoms with Crippen LogP contribution in [0.2, 0.25) is 0 Å². The van der Waals surface area contributed by atoms with Crippen LogP contribution in [0.3, 0.4) is 0 Å². The van der Waals surface area contributed by atoms with E-state index in [2.05, 4.69) is 26.6 Å². The molecule has 132 valence electrons. The molecular formula is C16H16BrN3O4S. The van der Waals surface area contributed by atoms with E-state index in [1.807, 2.05) is 0 Å². The number of thiocarbonyl (C=S) groups is 1. The van der Waals surface area contributed by atoms with E-state index in [1.165, 1.54) is 0 Å². The number of ether oxygens (including phenoxy) is 2. The van der Waals surface area contributed by atoms with E-state index >= 15 is 0 Å². The van der Waals surface area contributed by atoms with Gasteiger partial charge >= 0.3 is 0 Å². The second-order valence-electron chi connectivity index (χ2n) is 5.44. The van der Waals surface area contributed by atoms with Crippen LogP contribution >= 0.6 is 28.1 Å². The first-order chi connectivity index (χ1) is 12.0. The monoisotopic (exact) mass is 425 g/mol. The van der Waals surface area contributed by atoms with Crippen molar-refractivity contribution >= 4 is 51.2 Å². The number of nitrogens with one attached hydrogen (secondary N) is 2. The van der Waals surface area contributed by atoms with Gasteiger partial charge in [-0.3, -0.25) is 14.9 Å². The molecular weight excluding hydrogens is 410 g/mol. The third-order valence-electron chi connectivity index (χ3n) is 3.70. The Kier molecular flexibility index (Phi) is 5.67. The first-order valence-corrected chi connectivity index (χ1v) is 8.85. The maximum atomic E-state index is 12.1. The maximum Gasteiger partial charge on any atom is 0.273 e. The van der Waals surface area contributed by atoms with Crippen LogP contribution in [-0.4, -0.2) is 54.7 Å². The van der Waals surface area contributed by atoms with E-state index in [0.29, 0.717) is 42.2 Å². The van der Waals surface area contributed by atoms with Crippen molar-refractivity contribution in [2.24, 2.45) is 0 Å². The Morgan fingerprint density at radius 1 is 1.36 bits per heavy atom. The van der Waals surface area contributed by atoms with Crippen molar-refractivity contribution in [3.05, 3.63) is 33.9 Å². The van der Waals surface area contributed by atoms with Crippen molar-refractivity contribution in [2.45, 2.75) is 0 Å². The lowest BCUT2D eigenvalue weighted by atomic mass is 10.2. The van der Waals surface area contributed by atoms with Crippen molar-refractivity contribution in [3.63, 3.8) is 0 Å². The highest BCUT2D eigenvalue weighted by molar-refractivity contribution is 9.10. The molecule has 0 aliphatic carbocycles. The van der Waals surface area contributed by atoms with Gasteiger partial charge in [0.15, 0.2) is 11.7 Å². The van der Waals surface area contributed by atoms with Gasteiger partial charge in [0.2, 0.25) is 0 Å². The van der Waals surface area contributed by atoms with E-state index in [1.54, 1.807) is 29.2 Å². The van der Waals surface area contributed by atoms with Gasteiger partial charge in [0.1, 0.15) is 11.4 Å². The molecule has 0 spiro atoms. The van der Waals surface area contributed by atoms with Crippen LogP contribution in [0.5, 0.6) is 5.75 Å². The molecule has 2 N–H and O–H groups in total. The second-order valence-corrected chi connectivity index (χ2v) is 6.70. The van der Waals surface area contributed by atoms with Crippen molar-refractivity contribution in [2.75, 3.05) is 32.9 Å². The van der Waals surface area contributed by atoms with Crippen LogP contribution in [0.4, 0.5) is 0 Å². The lowest BCUT2D eigenvalue weighted by Gasteiger charge is -2.26.